The van der Waals surface area contributed by atoms with Gasteiger partial charge in [0, 0.05) is 5.57 Å². The topological polar surface area (TPSA) is 66.8 Å². The van der Waals surface area contributed by atoms with Crippen LogP contribution in [0.1, 0.15) is 20.3 Å². The largest absolute Gasteiger partial charge is 0.428 e. The zero-order valence-electron chi connectivity index (χ0n) is 7.07. The summed E-state index contributed by atoms with van der Waals surface area (Å²) in [6.45, 7) is 3.33. The zero-order valence-corrected chi connectivity index (χ0v) is 7.07. The standard InChI is InChI=1S/C8H12O4/c1-3-5(9)6-4(2)7(10)12-8(6)11/h5,7,9-10H,3H2,1-2H3/t5-,7?/m1/s1. The van der Waals surface area contributed by atoms with Crippen LogP contribution in [0.3, 0.4) is 0 Å². The maximum absolute atomic E-state index is 11.0. The second kappa shape index (κ2) is 3.25. The molecule has 1 aliphatic heterocycles. The lowest BCUT2D eigenvalue weighted by Gasteiger charge is -2.05. The molecule has 2 N–H and O–H groups in total. The number of hydrogen-bond donors (Lipinski definition) is 2. The summed E-state index contributed by atoms with van der Waals surface area (Å²) in [5, 5.41) is 18.4. The van der Waals surface area contributed by atoms with Crippen LogP contribution in [-0.2, 0) is 9.53 Å². The summed E-state index contributed by atoms with van der Waals surface area (Å²) in [5.74, 6) is -0.616. The third-order valence-corrected chi connectivity index (χ3v) is 1.95. The van der Waals surface area contributed by atoms with Gasteiger partial charge in [0.15, 0.2) is 0 Å². The van der Waals surface area contributed by atoms with Gasteiger partial charge in [-0.05, 0) is 13.3 Å². The molecule has 2 atom stereocenters. The quantitative estimate of drug-likeness (QED) is 0.573. The summed E-state index contributed by atoms with van der Waals surface area (Å²) in [5.41, 5.74) is 0.611. The van der Waals surface area contributed by atoms with Gasteiger partial charge in [-0.15, -0.1) is 0 Å². The van der Waals surface area contributed by atoms with Crippen molar-refractivity contribution in [1.29, 1.82) is 0 Å². The number of rotatable bonds is 2. The lowest BCUT2D eigenvalue weighted by atomic mass is 10.0. The Labute approximate surface area is 70.5 Å². The summed E-state index contributed by atoms with van der Waals surface area (Å²) >= 11 is 0. The number of hydrogen-bond acceptors (Lipinski definition) is 4. The van der Waals surface area contributed by atoms with Gasteiger partial charge >= 0.3 is 5.97 Å². The molecule has 1 heterocycles. The fourth-order valence-electron chi connectivity index (χ4n) is 1.15. The average Bonchev–Trinajstić information content (AvgIpc) is 2.26. The van der Waals surface area contributed by atoms with Crippen molar-refractivity contribution in [3.63, 3.8) is 0 Å². The molecule has 68 valence electrons. The summed E-state index contributed by atoms with van der Waals surface area (Å²) in [6, 6.07) is 0. The van der Waals surface area contributed by atoms with Gasteiger partial charge in [0.1, 0.15) is 0 Å². The van der Waals surface area contributed by atoms with Gasteiger partial charge in [-0.1, -0.05) is 6.92 Å². The molecule has 1 aliphatic rings. The Kier molecular flexibility index (Phi) is 2.49. The molecule has 0 aliphatic carbocycles. The van der Waals surface area contributed by atoms with Crippen molar-refractivity contribution in [1.82, 2.24) is 0 Å². The van der Waals surface area contributed by atoms with Gasteiger partial charge in [0.25, 0.3) is 0 Å². The van der Waals surface area contributed by atoms with Gasteiger partial charge in [-0.3, -0.25) is 0 Å². The van der Waals surface area contributed by atoms with Gasteiger partial charge in [0.05, 0.1) is 11.7 Å². The third kappa shape index (κ3) is 1.35. The van der Waals surface area contributed by atoms with Crippen molar-refractivity contribution in [3.05, 3.63) is 11.1 Å². The highest BCUT2D eigenvalue weighted by Gasteiger charge is 2.33. The maximum atomic E-state index is 11.0. The Hall–Kier alpha value is -0.870. The van der Waals surface area contributed by atoms with Crippen molar-refractivity contribution in [2.45, 2.75) is 32.7 Å². The van der Waals surface area contributed by atoms with Crippen molar-refractivity contribution in [2.24, 2.45) is 0 Å². The molecule has 0 saturated carbocycles. The molecule has 1 unspecified atom stereocenters. The molecule has 0 amide bonds. The Bertz CT molecular complexity index is 231. The first-order valence-corrected chi connectivity index (χ1v) is 3.85. The maximum Gasteiger partial charge on any atom is 0.339 e. The summed E-state index contributed by atoms with van der Waals surface area (Å²) in [4.78, 5) is 11.0. The molecule has 0 aromatic carbocycles. The SMILES string of the molecule is CC[C@@H](O)C1=C(C)C(O)OC1=O. The fourth-order valence-corrected chi connectivity index (χ4v) is 1.15. The number of carbonyl (C=O) groups is 1. The van der Waals surface area contributed by atoms with Crippen LogP contribution < -0.4 is 0 Å². The van der Waals surface area contributed by atoms with E-state index in [2.05, 4.69) is 4.74 Å². The molecule has 0 bridgehead atoms. The van der Waals surface area contributed by atoms with E-state index in [-0.39, 0.29) is 5.57 Å². The number of esters is 1. The third-order valence-electron chi connectivity index (χ3n) is 1.95. The number of cyclic esters (lactones) is 1. The van der Waals surface area contributed by atoms with Crippen LogP contribution in [-0.4, -0.2) is 28.6 Å². The monoisotopic (exact) mass is 172 g/mol. The minimum atomic E-state index is -1.17. The van der Waals surface area contributed by atoms with Crippen molar-refractivity contribution >= 4 is 5.97 Å². The Morgan fingerprint density at radius 1 is 1.67 bits per heavy atom. The number of aliphatic hydroxyl groups is 2. The first-order chi connectivity index (χ1) is 5.57. The average molecular weight is 172 g/mol. The van der Waals surface area contributed by atoms with Crippen LogP contribution in [0.15, 0.2) is 11.1 Å². The lowest BCUT2D eigenvalue weighted by molar-refractivity contribution is -0.152. The Balaban J connectivity index is 2.92. The number of carbonyl (C=O) groups excluding carboxylic acids is 1. The smallest absolute Gasteiger partial charge is 0.339 e. The van der Waals surface area contributed by atoms with E-state index in [0.29, 0.717) is 12.0 Å². The molecule has 4 nitrogen and oxygen atoms in total. The van der Waals surface area contributed by atoms with Gasteiger partial charge < -0.3 is 14.9 Å². The number of ether oxygens (including phenoxy) is 1. The van der Waals surface area contributed by atoms with E-state index in [4.69, 9.17) is 5.11 Å². The van der Waals surface area contributed by atoms with E-state index in [1.807, 2.05) is 0 Å². The molecular weight excluding hydrogens is 160 g/mol. The van der Waals surface area contributed by atoms with Crippen LogP contribution in [0.2, 0.25) is 0 Å². The molecule has 1 rings (SSSR count). The minimum Gasteiger partial charge on any atom is -0.428 e. The highest BCUT2D eigenvalue weighted by atomic mass is 16.6. The van der Waals surface area contributed by atoms with Crippen LogP contribution >= 0.6 is 0 Å². The van der Waals surface area contributed by atoms with Crippen LogP contribution in [0.25, 0.3) is 0 Å². The number of aliphatic hydroxyl groups excluding tert-OH is 2. The molecular formula is C8H12O4. The first-order valence-electron chi connectivity index (χ1n) is 3.85. The van der Waals surface area contributed by atoms with E-state index in [0.717, 1.165) is 0 Å². The van der Waals surface area contributed by atoms with Crippen molar-refractivity contribution in [3.8, 4) is 0 Å². The van der Waals surface area contributed by atoms with E-state index in [1.54, 1.807) is 13.8 Å². The summed E-state index contributed by atoms with van der Waals surface area (Å²) < 4.78 is 4.49. The Morgan fingerprint density at radius 3 is 2.58 bits per heavy atom. The molecule has 0 spiro atoms. The van der Waals surface area contributed by atoms with Crippen molar-refractivity contribution in [2.75, 3.05) is 0 Å². The second-order valence-corrected chi connectivity index (χ2v) is 2.78. The highest BCUT2D eigenvalue weighted by molar-refractivity contribution is 5.92. The second-order valence-electron chi connectivity index (χ2n) is 2.78. The van der Waals surface area contributed by atoms with E-state index in [9.17, 15) is 9.90 Å². The van der Waals surface area contributed by atoms with E-state index >= 15 is 0 Å². The predicted octanol–water partition coefficient (Wildman–Crippen LogP) is -0.0510. The van der Waals surface area contributed by atoms with Crippen molar-refractivity contribution < 1.29 is 19.7 Å². The minimum absolute atomic E-state index is 0.199. The predicted molar refractivity (Wildman–Crippen MR) is 41.1 cm³/mol. The molecule has 0 saturated heterocycles. The molecule has 0 fully saturated rings. The highest BCUT2D eigenvalue weighted by Crippen LogP contribution is 2.24. The lowest BCUT2D eigenvalue weighted by Crippen LogP contribution is -2.15. The normalized spacial score (nSPS) is 26.0. The molecule has 0 aromatic heterocycles. The van der Waals surface area contributed by atoms with E-state index < -0.39 is 18.4 Å². The van der Waals surface area contributed by atoms with Gasteiger partial charge in [-0.2, -0.15) is 0 Å². The van der Waals surface area contributed by atoms with E-state index in [1.165, 1.54) is 0 Å². The first kappa shape index (κ1) is 9.22. The van der Waals surface area contributed by atoms with Crippen LogP contribution in [0.4, 0.5) is 0 Å². The Morgan fingerprint density at radius 2 is 2.25 bits per heavy atom. The van der Waals surface area contributed by atoms with Crippen LogP contribution in [0.5, 0.6) is 0 Å². The molecule has 12 heavy (non-hydrogen) atoms. The van der Waals surface area contributed by atoms with Gasteiger partial charge in [0.2, 0.25) is 6.29 Å². The van der Waals surface area contributed by atoms with Gasteiger partial charge in [-0.25, -0.2) is 4.79 Å². The fraction of sp³-hybridized carbons (Fsp3) is 0.625. The molecule has 0 aromatic rings. The summed E-state index contributed by atoms with van der Waals surface area (Å²) in [6.07, 6.45) is -1.56. The molecule has 4 heteroatoms. The zero-order chi connectivity index (χ0) is 9.30. The summed E-state index contributed by atoms with van der Waals surface area (Å²) in [7, 11) is 0. The van der Waals surface area contributed by atoms with Crippen LogP contribution in [0, 0.1) is 0 Å². The molecule has 0 radical (unpaired) electrons.